The number of carboxylic acids is 1. The minimum absolute atomic E-state index is 0.0329. The summed E-state index contributed by atoms with van der Waals surface area (Å²) in [6, 6.07) is 3.68. The fourth-order valence-electron chi connectivity index (χ4n) is 1.93. The Morgan fingerprint density at radius 3 is 2.19 bits per heavy atom. The number of hydrogen-bond acceptors (Lipinski definition) is 4. The standard InChI is InChI=1S/C16H19F3N2O5/c1-9(2)7-12(14(24)20-8-13(22)23)26-15(25)21-11-5-3-10(4-6-11)16(17,18)19/h3-6,9,12H,7-8H2,1-2H3,(H,20,24)(H,21,25)(H,22,23). The molecule has 26 heavy (non-hydrogen) atoms. The molecule has 144 valence electrons. The molecular weight excluding hydrogens is 357 g/mol. The number of halogens is 3. The maximum Gasteiger partial charge on any atom is 0.416 e. The number of carbonyl (C=O) groups is 3. The van der Waals surface area contributed by atoms with Gasteiger partial charge in [-0.3, -0.25) is 14.9 Å². The van der Waals surface area contributed by atoms with Crippen LogP contribution in [0.2, 0.25) is 0 Å². The van der Waals surface area contributed by atoms with Gasteiger partial charge in [0, 0.05) is 5.69 Å². The number of hydrogen-bond donors (Lipinski definition) is 3. The first-order valence-corrected chi connectivity index (χ1v) is 7.63. The molecule has 0 saturated carbocycles. The van der Waals surface area contributed by atoms with Gasteiger partial charge in [-0.2, -0.15) is 13.2 Å². The van der Waals surface area contributed by atoms with Crippen LogP contribution in [-0.4, -0.2) is 35.7 Å². The van der Waals surface area contributed by atoms with E-state index in [-0.39, 0.29) is 18.0 Å². The maximum absolute atomic E-state index is 12.5. The largest absolute Gasteiger partial charge is 0.480 e. The molecule has 7 nitrogen and oxygen atoms in total. The van der Waals surface area contributed by atoms with E-state index in [4.69, 9.17) is 9.84 Å². The van der Waals surface area contributed by atoms with Gasteiger partial charge in [0.2, 0.25) is 0 Å². The number of nitrogens with one attached hydrogen (secondary N) is 2. The van der Waals surface area contributed by atoms with Crippen molar-refractivity contribution in [2.45, 2.75) is 32.5 Å². The first kappa shape index (κ1) is 21.3. The molecule has 0 heterocycles. The summed E-state index contributed by atoms with van der Waals surface area (Å²) in [5, 5.41) is 12.9. The smallest absolute Gasteiger partial charge is 0.416 e. The highest BCUT2D eigenvalue weighted by molar-refractivity contribution is 5.89. The fourth-order valence-corrected chi connectivity index (χ4v) is 1.93. The summed E-state index contributed by atoms with van der Waals surface area (Å²) < 4.78 is 42.5. The van der Waals surface area contributed by atoms with Crippen molar-refractivity contribution in [1.29, 1.82) is 0 Å². The van der Waals surface area contributed by atoms with Gasteiger partial charge >= 0.3 is 18.2 Å². The van der Waals surface area contributed by atoms with Crippen LogP contribution in [0.1, 0.15) is 25.8 Å². The van der Waals surface area contributed by atoms with E-state index >= 15 is 0 Å². The van der Waals surface area contributed by atoms with Gasteiger partial charge in [0.25, 0.3) is 5.91 Å². The normalized spacial score (nSPS) is 12.4. The number of alkyl halides is 3. The minimum atomic E-state index is -4.50. The van der Waals surface area contributed by atoms with Crippen molar-refractivity contribution in [2.24, 2.45) is 5.92 Å². The molecule has 0 aliphatic heterocycles. The third-order valence-corrected chi connectivity index (χ3v) is 3.10. The Morgan fingerprint density at radius 2 is 1.73 bits per heavy atom. The molecule has 3 N–H and O–H groups in total. The number of carboxylic acid groups (broad SMARTS) is 1. The lowest BCUT2D eigenvalue weighted by Gasteiger charge is -2.19. The zero-order chi connectivity index (χ0) is 19.9. The highest BCUT2D eigenvalue weighted by Crippen LogP contribution is 2.29. The Kier molecular flexibility index (Phi) is 7.41. The highest BCUT2D eigenvalue weighted by atomic mass is 19.4. The van der Waals surface area contributed by atoms with E-state index in [2.05, 4.69) is 10.6 Å². The number of rotatable bonds is 7. The van der Waals surface area contributed by atoms with Gasteiger partial charge in [-0.05, 0) is 36.6 Å². The van der Waals surface area contributed by atoms with Crippen molar-refractivity contribution in [3.05, 3.63) is 29.8 Å². The minimum Gasteiger partial charge on any atom is -0.480 e. The predicted octanol–water partition coefficient (Wildman–Crippen LogP) is 2.87. The first-order valence-electron chi connectivity index (χ1n) is 7.63. The fraction of sp³-hybridized carbons (Fsp3) is 0.438. The summed E-state index contributed by atoms with van der Waals surface area (Å²) in [6.45, 7) is 2.92. The van der Waals surface area contributed by atoms with Crippen LogP contribution in [0.3, 0.4) is 0 Å². The maximum atomic E-state index is 12.5. The predicted molar refractivity (Wildman–Crippen MR) is 85.4 cm³/mol. The van der Waals surface area contributed by atoms with Gasteiger partial charge in [-0.15, -0.1) is 0 Å². The van der Waals surface area contributed by atoms with Crippen LogP contribution < -0.4 is 10.6 Å². The molecule has 10 heteroatoms. The van der Waals surface area contributed by atoms with Gasteiger partial charge < -0.3 is 15.2 Å². The van der Waals surface area contributed by atoms with Crippen LogP contribution in [0.15, 0.2) is 24.3 Å². The van der Waals surface area contributed by atoms with Crippen molar-refractivity contribution in [1.82, 2.24) is 5.32 Å². The van der Waals surface area contributed by atoms with E-state index in [1.54, 1.807) is 13.8 Å². The van der Waals surface area contributed by atoms with E-state index in [1.165, 1.54) is 0 Å². The molecule has 2 amide bonds. The summed E-state index contributed by atoms with van der Waals surface area (Å²) in [7, 11) is 0. The SMILES string of the molecule is CC(C)CC(OC(=O)Nc1ccc(C(F)(F)F)cc1)C(=O)NCC(=O)O. The van der Waals surface area contributed by atoms with Crippen LogP contribution in [0.4, 0.5) is 23.7 Å². The third-order valence-electron chi connectivity index (χ3n) is 3.10. The molecule has 0 saturated heterocycles. The number of aliphatic carboxylic acids is 1. The summed E-state index contributed by atoms with van der Waals surface area (Å²) in [5.41, 5.74) is -0.820. The second-order valence-electron chi connectivity index (χ2n) is 5.84. The second-order valence-corrected chi connectivity index (χ2v) is 5.84. The molecule has 0 spiro atoms. The Balaban J connectivity index is 2.70. The monoisotopic (exact) mass is 376 g/mol. The van der Waals surface area contributed by atoms with Crippen LogP contribution >= 0.6 is 0 Å². The van der Waals surface area contributed by atoms with Crippen LogP contribution in [0.5, 0.6) is 0 Å². The van der Waals surface area contributed by atoms with Crippen LogP contribution in [0.25, 0.3) is 0 Å². The van der Waals surface area contributed by atoms with E-state index < -0.39 is 42.4 Å². The third kappa shape index (κ3) is 7.41. The zero-order valence-electron chi connectivity index (χ0n) is 14.1. The molecular formula is C16H19F3N2O5. The van der Waals surface area contributed by atoms with Gasteiger partial charge in [0.1, 0.15) is 6.54 Å². The molecule has 0 bridgehead atoms. The molecule has 0 aromatic heterocycles. The van der Waals surface area contributed by atoms with Gasteiger partial charge in [0.05, 0.1) is 5.56 Å². The van der Waals surface area contributed by atoms with E-state index in [0.29, 0.717) is 0 Å². The first-order chi connectivity index (χ1) is 12.0. The Labute approximate surface area is 147 Å². The molecule has 0 aliphatic carbocycles. The lowest BCUT2D eigenvalue weighted by atomic mass is 10.1. The molecule has 1 rings (SSSR count). The summed E-state index contributed by atoms with van der Waals surface area (Å²) >= 11 is 0. The van der Waals surface area contributed by atoms with Crippen molar-refractivity contribution in [2.75, 3.05) is 11.9 Å². The quantitative estimate of drug-likeness (QED) is 0.679. The molecule has 0 radical (unpaired) electrons. The van der Waals surface area contributed by atoms with E-state index in [1.807, 2.05) is 0 Å². The van der Waals surface area contributed by atoms with Crippen molar-refractivity contribution in [3.63, 3.8) is 0 Å². The van der Waals surface area contributed by atoms with Gasteiger partial charge in [0.15, 0.2) is 6.10 Å². The molecule has 1 aromatic carbocycles. The van der Waals surface area contributed by atoms with Crippen molar-refractivity contribution in [3.8, 4) is 0 Å². The molecule has 1 unspecified atom stereocenters. The van der Waals surface area contributed by atoms with E-state index in [9.17, 15) is 27.6 Å². The summed E-state index contributed by atoms with van der Waals surface area (Å²) in [5.74, 6) is -2.06. The molecule has 0 fully saturated rings. The lowest BCUT2D eigenvalue weighted by Crippen LogP contribution is -2.41. The summed E-state index contributed by atoms with van der Waals surface area (Å²) in [6.07, 6.45) is -6.63. The number of ether oxygens (including phenoxy) is 1. The zero-order valence-corrected chi connectivity index (χ0v) is 14.1. The van der Waals surface area contributed by atoms with Crippen LogP contribution in [-0.2, 0) is 20.5 Å². The lowest BCUT2D eigenvalue weighted by molar-refractivity contribution is -0.139. The van der Waals surface area contributed by atoms with Gasteiger partial charge in [-0.1, -0.05) is 13.8 Å². The molecule has 1 aromatic rings. The summed E-state index contributed by atoms with van der Waals surface area (Å²) in [4.78, 5) is 34.3. The Morgan fingerprint density at radius 1 is 1.15 bits per heavy atom. The van der Waals surface area contributed by atoms with Crippen molar-refractivity contribution >= 4 is 23.7 Å². The van der Waals surface area contributed by atoms with Crippen LogP contribution in [0, 0.1) is 5.92 Å². The number of benzene rings is 1. The average Bonchev–Trinajstić information content (AvgIpc) is 2.51. The van der Waals surface area contributed by atoms with Gasteiger partial charge in [-0.25, -0.2) is 4.79 Å². The Hall–Kier alpha value is -2.78. The average molecular weight is 376 g/mol. The topological polar surface area (TPSA) is 105 Å². The number of carbonyl (C=O) groups excluding carboxylic acids is 2. The number of amides is 2. The molecule has 1 atom stereocenters. The van der Waals surface area contributed by atoms with E-state index in [0.717, 1.165) is 24.3 Å². The van der Waals surface area contributed by atoms with Crippen molar-refractivity contribution < 1.29 is 37.4 Å². The highest BCUT2D eigenvalue weighted by Gasteiger charge is 2.30. The second kappa shape index (κ2) is 9.07. The number of anilines is 1. The molecule has 0 aliphatic rings. The Bertz CT molecular complexity index is 644.